The molecule has 3 unspecified atom stereocenters. The number of carbonyl (C=O) groups excluding carboxylic acids is 1. The molecular formula is C24H28O3. The molecule has 27 heavy (non-hydrogen) atoms. The predicted octanol–water partition coefficient (Wildman–Crippen LogP) is 5.45. The van der Waals surface area contributed by atoms with Crippen molar-refractivity contribution in [1.82, 2.24) is 0 Å². The van der Waals surface area contributed by atoms with Crippen molar-refractivity contribution in [2.75, 3.05) is 0 Å². The highest BCUT2D eigenvalue weighted by atomic mass is 16.5. The molecule has 0 saturated carbocycles. The fraction of sp³-hybridized carbons (Fsp3) is 0.458. The van der Waals surface area contributed by atoms with E-state index in [9.17, 15) is 4.79 Å². The van der Waals surface area contributed by atoms with Crippen LogP contribution in [0.1, 0.15) is 56.0 Å². The van der Waals surface area contributed by atoms with Crippen molar-refractivity contribution in [2.24, 2.45) is 5.92 Å². The van der Waals surface area contributed by atoms with Crippen LogP contribution in [-0.4, -0.2) is 24.1 Å². The molecular weight excluding hydrogens is 336 g/mol. The molecule has 0 amide bonds. The summed E-state index contributed by atoms with van der Waals surface area (Å²) in [5, 5.41) is 0. The van der Waals surface area contributed by atoms with Gasteiger partial charge < -0.3 is 9.47 Å². The Morgan fingerprint density at radius 2 is 1.74 bits per heavy atom. The number of hydrogen-bond acceptors (Lipinski definition) is 3. The van der Waals surface area contributed by atoms with E-state index in [1.54, 1.807) is 0 Å². The van der Waals surface area contributed by atoms with Gasteiger partial charge in [-0.2, -0.15) is 0 Å². The van der Waals surface area contributed by atoms with Crippen LogP contribution in [0, 0.1) is 5.92 Å². The molecule has 3 nitrogen and oxygen atoms in total. The molecule has 0 spiro atoms. The summed E-state index contributed by atoms with van der Waals surface area (Å²) in [6.07, 6.45) is 3.81. The molecule has 2 aromatic carbocycles. The molecule has 2 aliphatic heterocycles. The lowest BCUT2D eigenvalue weighted by Gasteiger charge is -2.38. The molecule has 2 aliphatic rings. The van der Waals surface area contributed by atoms with E-state index in [-0.39, 0.29) is 24.1 Å². The van der Waals surface area contributed by atoms with Gasteiger partial charge in [0.2, 0.25) is 0 Å². The number of aryl methyl sites for hydroxylation is 1. The zero-order chi connectivity index (χ0) is 19.0. The Balaban J connectivity index is 1.58. The molecule has 0 N–H and O–H groups in total. The van der Waals surface area contributed by atoms with Gasteiger partial charge in [0.15, 0.2) is 5.78 Å². The van der Waals surface area contributed by atoms with Gasteiger partial charge in [-0.3, -0.25) is 4.79 Å². The lowest BCUT2D eigenvalue weighted by Crippen LogP contribution is -2.41. The van der Waals surface area contributed by atoms with E-state index >= 15 is 0 Å². The molecule has 0 bridgehead atoms. The molecule has 3 heteroatoms. The Hall–Kier alpha value is -2.13. The first kappa shape index (κ1) is 18.2. The second-order valence-electron chi connectivity index (χ2n) is 8.04. The van der Waals surface area contributed by atoms with Crippen molar-refractivity contribution in [3.05, 3.63) is 53.6 Å². The third-order valence-corrected chi connectivity index (χ3v) is 5.87. The van der Waals surface area contributed by atoms with E-state index in [1.165, 1.54) is 5.56 Å². The third-order valence-electron chi connectivity index (χ3n) is 5.87. The first-order chi connectivity index (χ1) is 13.0. The number of Topliss-reactive ketones (excluding diaryl/α,β-unsaturated/α-hetero) is 1. The van der Waals surface area contributed by atoms with Crippen LogP contribution >= 0.6 is 0 Å². The SMILES string of the molecule is CCc1cccc(-c2ccc3c(c2)C(=O)CC(C2CC(C)OC(C)C2)O3)c1. The van der Waals surface area contributed by atoms with E-state index in [0.29, 0.717) is 12.3 Å². The Morgan fingerprint density at radius 3 is 2.48 bits per heavy atom. The van der Waals surface area contributed by atoms with Crippen molar-refractivity contribution in [1.29, 1.82) is 0 Å². The number of ketones is 1. The summed E-state index contributed by atoms with van der Waals surface area (Å²) in [5.74, 6) is 1.31. The zero-order valence-corrected chi connectivity index (χ0v) is 16.4. The average molecular weight is 364 g/mol. The molecule has 4 rings (SSSR count). The Morgan fingerprint density at radius 1 is 1.00 bits per heavy atom. The number of rotatable bonds is 3. The fourth-order valence-corrected chi connectivity index (χ4v) is 4.52. The maximum atomic E-state index is 12.9. The summed E-state index contributed by atoms with van der Waals surface area (Å²) >= 11 is 0. The number of ether oxygens (including phenoxy) is 2. The van der Waals surface area contributed by atoms with Crippen molar-refractivity contribution in [3.63, 3.8) is 0 Å². The van der Waals surface area contributed by atoms with E-state index in [0.717, 1.165) is 41.7 Å². The molecule has 0 radical (unpaired) electrons. The summed E-state index contributed by atoms with van der Waals surface area (Å²) in [5.41, 5.74) is 4.25. The van der Waals surface area contributed by atoms with Gasteiger partial charge >= 0.3 is 0 Å². The van der Waals surface area contributed by atoms with Gasteiger partial charge in [0.1, 0.15) is 11.9 Å². The van der Waals surface area contributed by atoms with Crippen LogP contribution in [0.15, 0.2) is 42.5 Å². The van der Waals surface area contributed by atoms with Gasteiger partial charge in [0.25, 0.3) is 0 Å². The molecule has 142 valence electrons. The molecule has 0 aliphatic carbocycles. The van der Waals surface area contributed by atoms with E-state index < -0.39 is 0 Å². The van der Waals surface area contributed by atoms with E-state index in [1.807, 2.05) is 12.1 Å². The van der Waals surface area contributed by atoms with Crippen LogP contribution in [0.5, 0.6) is 5.75 Å². The summed E-state index contributed by atoms with van der Waals surface area (Å²) in [6, 6.07) is 14.5. The van der Waals surface area contributed by atoms with Gasteiger partial charge in [0, 0.05) is 12.3 Å². The van der Waals surface area contributed by atoms with Crippen molar-refractivity contribution in [3.8, 4) is 16.9 Å². The number of hydrogen-bond donors (Lipinski definition) is 0. The second kappa shape index (κ2) is 7.47. The van der Waals surface area contributed by atoms with E-state index in [4.69, 9.17) is 9.47 Å². The minimum absolute atomic E-state index is 0.0342. The average Bonchev–Trinajstić information content (AvgIpc) is 2.67. The van der Waals surface area contributed by atoms with Gasteiger partial charge in [-0.25, -0.2) is 0 Å². The summed E-state index contributed by atoms with van der Waals surface area (Å²) in [6.45, 7) is 6.37. The minimum Gasteiger partial charge on any atom is -0.489 e. The van der Waals surface area contributed by atoms with Crippen LogP contribution in [-0.2, 0) is 11.2 Å². The van der Waals surface area contributed by atoms with Crippen LogP contribution in [0.25, 0.3) is 11.1 Å². The van der Waals surface area contributed by atoms with Crippen molar-refractivity contribution in [2.45, 2.75) is 64.8 Å². The van der Waals surface area contributed by atoms with Gasteiger partial charge in [-0.15, -0.1) is 0 Å². The molecule has 2 heterocycles. The second-order valence-corrected chi connectivity index (χ2v) is 8.04. The first-order valence-electron chi connectivity index (χ1n) is 10.1. The molecule has 0 aromatic heterocycles. The zero-order valence-electron chi connectivity index (χ0n) is 16.4. The Labute approximate surface area is 161 Å². The highest BCUT2D eigenvalue weighted by molar-refractivity contribution is 6.01. The van der Waals surface area contributed by atoms with Crippen LogP contribution < -0.4 is 4.74 Å². The minimum atomic E-state index is -0.0342. The number of carbonyl (C=O) groups is 1. The highest BCUT2D eigenvalue weighted by Crippen LogP contribution is 2.37. The van der Waals surface area contributed by atoms with Crippen LogP contribution in [0.4, 0.5) is 0 Å². The summed E-state index contributed by atoms with van der Waals surface area (Å²) in [7, 11) is 0. The molecule has 1 saturated heterocycles. The number of fused-ring (bicyclic) bond motifs is 1. The lowest BCUT2D eigenvalue weighted by molar-refractivity contribution is -0.0749. The van der Waals surface area contributed by atoms with Gasteiger partial charge in [-0.05, 0) is 61.9 Å². The van der Waals surface area contributed by atoms with Gasteiger partial charge in [0.05, 0.1) is 17.8 Å². The van der Waals surface area contributed by atoms with E-state index in [2.05, 4.69) is 51.1 Å². The van der Waals surface area contributed by atoms with Gasteiger partial charge in [-0.1, -0.05) is 37.3 Å². The third kappa shape index (κ3) is 3.79. The summed E-state index contributed by atoms with van der Waals surface area (Å²) in [4.78, 5) is 12.9. The monoisotopic (exact) mass is 364 g/mol. The quantitative estimate of drug-likeness (QED) is 0.726. The summed E-state index contributed by atoms with van der Waals surface area (Å²) < 4.78 is 12.1. The maximum Gasteiger partial charge on any atom is 0.170 e. The molecule has 3 atom stereocenters. The Kier molecular flexibility index (Phi) is 5.05. The largest absolute Gasteiger partial charge is 0.489 e. The van der Waals surface area contributed by atoms with Crippen molar-refractivity contribution >= 4 is 5.78 Å². The normalized spacial score (nSPS) is 27.7. The fourth-order valence-electron chi connectivity index (χ4n) is 4.52. The lowest BCUT2D eigenvalue weighted by atomic mass is 9.83. The predicted molar refractivity (Wildman–Crippen MR) is 107 cm³/mol. The topological polar surface area (TPSA) is 35.5 Å². The van der Waals surface area contributed by atoms with Crippen LogP contribution in [0.3, 0.4) is 0 Å². The standard InChI is InChI=1S/C24H28O3/c1-4-17-6-5-7-18(12-17)19-8-9-23-21(13-19)22(25)14-24(27-23)20-10-15(2)26-16(3)11-20/h5-9,12-13,15-16,20,24H,4,10-11,14H2,1-3H3. The maximum absolute atomic E-state index is 12.9. The number of benzene rings is 2. The first-order valence-corrected chi connectivity index (χ1v) is 10.1. The van der Waals surface area contributed by atoms with Crippen molar-refractivity contribution < 1.29 is 14.3 Å². The smallest absolute Gasteiger partial charge is 0.170 e. The molecule has 1 fully saturated rings. The Bertz CT molecular complexity index is 831. The highest BCUT2D eigenvalue weighted by Gasteiger charge is 2.36. The van der Waals surface area contributed by atoms with Crippen LogP contribution in [0.2, 0.25) is 0 Å². The molecule has 2 aromatic rings.